The van der Waals surface area contributed by atoms with Crippen LogP contribution in [0.4, 0.5) is 0 Å². The third-order valence-corrected chi connectivity index (χ3v) is 5.51. The lowest BCUT2D eigenvalue weighted by atomic mass is 9.85. The number of H-pyrrole nitrogens is 1. The second-order valence-corrected chi connectivity index (χ2v) is 7.63. The molecule has 29 heavy (non-hydrogen) atoms. The molecule has 0 saturated carbocycles. The van der Waals surface area contributed by atoms with Gasteiger partial charge in [0.2, 0.25) is 0 Å². The maximum Gasteiger partial charge on any atom is 0.320 e. The first kappa shape index (κ1) is 22.7. The van der Waals surface area contributed by atoms with E-state index in [0.717, 1.165) is 35.1 Å². The topological polar surface area (TPSA) is 91.9 Å². The number of carboxylic acids is 1. The number of methoxy groups -OCH3 is 1. The van der Waals surface area contributed by atoms with Crippen molar-refractivity contribution < 1.29 is 24.2 Å². The predicted molar refractivity (Wildman–Crippen MR) is 112 cm³/mol. The smallest absolute Gasteiger partial charge is 0.320 e. The van der Waals surface area contributed by atoms with Gasteiger partial charge >= 0.3 is 11.9 Å². The number of carbonyl (C=O) groups excluding carboxylic acids is 1. The fourth-order valence-electron chi connectivity index (χ4n) is 3.58. The zero-order valence-electron chi connectivity index (χ0n) is 18.2. The molecule has 160 valence electrons. The Morgan fingerprint density at radius 3 is 2.41 bits per heavy atom. The van der Waals surface area contributed by atoms with Gasteiger partial charge in [0.25, 0.3) is 0 Å². The van der Waals surface area contributed by atoms with Gasteiger partial charge in [0, 0.05) is 35.1 Å². The molecule has 7 nitrogen and oxygen atoms in total. The van der Waals surface area contributed by atoms with Gasteiger partial charge in [0.15, 0.2) is 5.92 Å². The van der Waals surface area contributed by atoms with E-state index in [1.54, 1.807) is 7.11 Å². The molecule has 0 aliphatic heterocycles. The highest BCUT2D eigenvalue weighted by Gasteiger charge is 2.39. The molecular weight excluding hydrogens is 372 g/mol. The minimum absolute atomic E-state index is 0.528. The number of aromatic amines is 1. The molecule has 2 N–H and O–H groups in total. The molecule has 1 aromatic carbocycles. The molecule has 2 aromatic rings. The molecule has 7 heteroatoms. The van der Waals surface area contributed by atoms with Crippen LogP contribution in [-0.2, 0) is 26.3 Å². The van der Waals surface area contributed by atoms with Crippen LogP contribution in [0.25, 0.3) is 10.9 Å². The lowest BCUT2D eigenvalue weighted by Crippen LogP contribution is -2.36. The van der Waals surface area contributed by atoms with E-state index in [0.29, 0.717) is 18.6 Å². The van der Waals surface area contributed by atoms with Crippen LogP contribution in [0.1, 0.15) is 44.9 Å². The molecule has 0 aliphatic rings. The number of ether oxygens (including phenoxy) is 2. The van der Waals surface area contributed by atoms with Crippen molar-refractivity contribution in [1.82, 2.24) is 9.88 Å². The number of carbonyl (C=O) groups is 2. The zero-order chi connectivity index (χ0) is 21.8. The van der Waals surface area contributed by atoms with E-state index in [-0.39, 0.29) is 0 Å². The number of aromatic nitrogens is 1. The van der Waals surface area contributed by atoms with E-state index in [4.69, 9.17) is 9.47 Å². The van der Waals surface area contributed by atoms with Gasteiger partial charge in [0.1, 0.15) is 11.4 Å². The lowest BCUT2D eigenvalue weighted by Gasteiger charge is -2.33. The Hall–Kier alpha value is -2.54. The van der Waals surface area contributed by atoms with Crippen molar-refractivity contribution in [2.75, 3.05) is 27.7 Å². The average molecular weight is 405 g/mol. The summed E-state index contributed by atoms with van der Waals surface area (Å²) in [5.74, 6) is -2.43. The third kappa shape index (κ3) is 4.72. The van der Waals surface area contributed by atoms with Crippen LogP contribution < -0.4 is 4.74 Å². The molecule has 0 fully saturated rings. The van der Waals surface area contributed by atoms with Crippen LogP contribution in [0.15, 0.2) is 18.2 Å². The Morgan fingerprint density at radius 2 is 1.90 bits per heavy atom. The highest BCUT2D eigenvalue weighted by Crippen LogP contribution is 2.42. The fraction of sp³-hybridized carbons (Fsp3) is 0.545. The van der Waals surface area contributed by atoms with Crippen LogP contribution in [0, 0.1) is 5.92 Å². The minimum atomic E-state index is -1.22. The van der Waals surface area contributed by atoms with E-state index >= 15 is 0 Å². The van der Waals surface area contributed by atoms with Crippen molar-refractivity contribution in [2.24, 2.45) is 5.92 Å². The molecule has 0 saturated heterocycles. The predicted octanol–water partition coefficient (Wildman–Crippen LogP) is 3.56. The first-order valence-corrected chi connectivity index (χ1v) is 9.98. The Morgan fingerprint density at radius 1 is 1.24 bits per heavy atom. The number of hydrogen-bond acceptors (Lipinski definition) is 5. The largest absolute Gasteiger partial charge is 0.497 e. The van der Waals surface area contributed by atoms with Gasteiger partial charge in [-0.1, -0.05) is 13.8 Å². The van der Waals surface area contributed by atoms with Gasteiger partial charge < -0.3 is 24.5 Å². The minimum Gasteiger partial charge on any atom is -0.497 e. The molecule has 1 heterocycles. The summed E-state index contributed by atoms with van der Waals surface area (Å²) in [6.45, 7) is 6.08. The summed E-state index contributed by atoms with van der Waals surface area (Å²) in [5, 5.41) is 10.2. The van der Waals surface area contributed by atoms with Gasteiger partial charge in [0.05, 0.1) is 7.11 Å². The third-order valence-electron chi connectivity index (χ3n) is 5.51. The van der Waals surface area contributed by atoms with E-state index in [9.17, 15) is 14.7 Å². The quantitative estimate of drug-likeness (QED) is 0.465. The van der Waals surface area contributed by atoms with E-state index in [2.05, 4.69) is 9.88 Å². The maximum atomic E-state index is 12.6. The zero-order valence-corrected chi connectivity index (χ0v) is 18.2. The number of nitrogens with zero attached hydrogens (tertiary/aromatic N) is 1. The summed E-state index contributed by atoms with van der Waals surface area (Å²) in [4.78, 5) is 29.5. The first-order valence-electron chi connectivity index (χ1n) is 9.98. The molecule has 1 atom stereocenters. The van der Waals surface area contributed by atoms with Gasteiger partial charge in [-0.05, 0) is 52.1 Å². The molecule has 1 aromatic heterocycles. The monoisotopic (exact) mass is 404 g/mol. The second kappa shape index (κ2) is 9.31. The number of hydrogen-bond donors (Lipinski definition) is 2. The molecule has 2 rings (SSSR count). The first-order chi connectivity index (χ1) is 13.7. The number of carboxylic acid groups (broad SMARTS) is 1. The van der Waals surface area contributed by atoms with Crippen LogP contribution in [-0.4, -0.2) is 54.7 Å². The van der Waals surface area contributed by atoms with Crippen LogP contribution in [0.5, 0.6) is 5.75 Å². The Bertz CT molecular complexity index is 867. The fourth-order valence-corrected chi connectivity index (χ4v) is 3.58. The maximum absolute atomic E-state index is 12.6. The summed E-state index contributed by atoms with van der Waals surface area (Å²) in [6, 6.07) is 5.78. The molecular formula is C22H32N2O5. The van der Waals surface area contributed by atoms with Crippen LogP contribution in [0.2, 0.25) is 0 Å². The molecule has 0 aliphatic carbocycles. The molecule has 0 spiro atoms. The summed E-state index contributed by atoms with van der Waals surface area (Å²) in [6.07, 6.45) is 1.80. The van der Waals surface area contributed by atoms with Crippen molar-refractivity contribution in [2.45, 2.75) is 45.6 Å². The normalized spacial score (nSPS) is 12.9. The van der Waals surface area contributed by atoms with Crippen molar-refractivity contribution in [3.63, 3.8) is 0 Å². The second-order valence-electron chi connectivity index (χ2n) is 7.63. The number of fused-ring (bicyclic) bond motifs is 1. The lowest BCUT2D eigenvalue weighted by molar-refractivity contribution is -0.171. The standard InChI is InChI=1S/C22H32N2O5/c1-7-22(8-2,29-21(27)14(3)20(25)26)19-16-13-15(28-6)9-10-17(16)23-18(19)11-12-24(4)5/h9-10,13-14,23H,7-8,11-12H2,1-6H3,(H,25,26). The Balaban J connectivity index is 2.66. The van der Waals surface area contributed by atoms with E-state index in [1.165, 1.54) is 6.92 Å². The van der Waals surface area contributed by atoms with Gasteiger partial charge in [-0.15, -0.1) is 0 Å². The highest BCUT2D eigenvalue weighted by atomic mass is 16.6. The molecule has 0 radical (unpaired) electrons. The van der Waals surface area contributed by atoms with Crippen molar-refractivity contribution in [3.05, 3.63) is 29.5 Å². The summed E-state index contributed by atoms with van der Waals surface area (Å²) < 4.78 is 11.3. The number of nitrogens with one attached hydrogen (secondary N) is 1. The summed E-state index contributed by atoms with van der Waals surface area (Å²) in [7, 11) is 5.63. The van der Waals surface area contributed by atoms with Crippen molar-refractivity contribution in [3.8, 4) is 5.75 Å². The molecule has 0 bridgehead atoms. The average Bonchev–Trinajstić information content (AvgIpc) is 3.07. The van der Waals surface area contributed by atoms with E-state index in [1.807, 2.05) is 46.1 Å². The summed E-state index contributed by atoms with van der Waals surface area (Å²) >= 11 is 0. The number of benzene rings is 1. The number of aliphatic carboxylic acids is 1. The van der Waals surface area contributed by atoms with Gasteiger partial charge in [-0.25, -0.2) is 0 Å². The van der Waals surface area contributed by atoms with Gasteiger partial charge in [-0.3, -0.25) is 9.59 Å². The molecule has 0 amide bonds. The Labute approximate surface area is 172 Å². The molecule has 1 unspecified atom stereocenters. The van der Waals surface area contributed by atoms with Gasteiger partial charge in [-0.2, -0.15) is 0 Å². The summed E-state index contributed by atoms with van der Waals surface area (Å²) in [5.41, 5.74) is 1.90. The SMILES string of the molecule is CCC(CC)(OC(=O)C(C)C(=O)O)c1c(CCN(C)C)[nH]c2ccc(OC)cc12. The number of rotatable bonds is 10. The number of esters is 1. The highest BCUT2D eigenvalue weighted by molar-refractivity contribution is 5.94. The number of likely N-dealkylation sites (N-methyl/N-ethyl adjacent to an activating group) is 1. The van der Waals surface area contributed by atoms with Crippen LogP contribution in [0.3, 0.4) is 0 Å². The van der Waals surface area contributed by atoms with Crippen molar-refractivity contribution >= 4 is 22.8 Å². The van der Waals surface area contributed by atoms with E-state index < -0.39 is 23.5 Å². The van der Waals surface area contributed by atoms with Crippen molar-refractivity contribution in [1.29, 1.82) is 0 Å². The Kier molecular flexibility index (Phi) is 7.30. The van der Waals surface area contributed by atoms with Crippen LogP contribution >= 0.6 is 0 Å².